The summed E-state index contributed by atoms with van der Waals surface area (Å²) in [5.74, 6) is 0. The van der Waals surface area contributed by atoms with E-state index in [9.17, 15) is 0 Å². The summed E-state index contributed by atoms with van der Waals surface area (Å²) >= 11 is 0. The van der Waals surface area contributed by atoms with Crippen molar-refractivity contribution in [3.05, 3.63) is 0 Å². The smallest absolute Gasteiger partial charge is 0.0115 e. The van der Waals surface area contributed by atoms with E-state index in [1.807, 2.05) is 0 Å². The molecule has 2 bridgehead atoms. The first-order chi connectivity index (χ1) is 4.58. The molecule has 2 aliphatic heterocycles. The molecule has 1 saturated carbocycles. The number of nitrogens with zero attached hydrogens (tertiary/aromatic N) is 1. The Kier molecular flexibility index (Phi) is 1.17. The van der Waals surface area contributed by atoms with Gasteiger partial charge in [0.25, 0.3) is 0 Å². The second-order valence-electron chi connectivity index (χ2n) is 4.78. The van der Waals surface area contributed by atoms with Gasteiger partial charge in [-0.2, -0.15) is 0 Å². The highest BCUT2D eigenvalue weighted by Crippen LogP contribution is 2.46. The lowest BCUT2D eigenvalue weighted by molar-refractivity contribution is -0.0590. The van der Waals surface area contributed by atoms with Crippen LogP contribution in [-0.2, 0) is 0 Å². The van der Waals surface area contributed by atoms with E-state index in [4.69, 9.17) is 0 Å². The summed E-state index contributed by atoms with van der Waals surface area (Å²) in [6, 6.07) is 1.85. The highest BCUT2D eigenvalue weighted by atomic mass is 15.2. The van der Waals surface area contributed by atoms with Crippen LogP contribution in [-0.4, -0.2) is 24.0 Å². The molecule has 2 atom stereocenters. The molecule has 1 aliphatic carbocycles. The van der Waals surface area contributed by atoms with E-state index in [-0.39, 0.29) is 0 Å². The molecule has 0 aromatic carbocycles. The number of fused-ring (bicyclic) bond motifs is 2. The van der Waals surface area contributed by atoms with Crippen molar-refractivity contribution < 1.29 is 0 Å². The summed E-state index contributed by atoms with van der Waals surface area (Å²) in [7, 11) is 2.27. The van der Waals surface area contributed by atoms with Crippen molar-refractivity contribution in [2.24, 2.45) is 5.41 Å². The number of piperidine rings is 1. The average molecular weight is 139 g/mol. The molecule has 2 unspecified atom stereocenters. The summed E-state index contributed by atoms with van der Waals surface area (Å²) in [6.45, 7) is 4.80. The van der Waals surface area contributed by atoms with Crippen molar-refractivity contribution in [2.45, 2.75) is 45.2 Å². The fourth-order valence-corrected chi connectivity index (χ4v) is 2.62. The quantitative estimate of drug-likeness (QED) is 0.495. The first kappa shape index (κ1) is 6.66. The van der Waals surface area contributed by atoms with Gasteiger partial charge in [0.2, 0.25) is 0 Å². The zero-order valence-corrected chi connectivity index (χ0v) is 7.22. The van der Waals surface area contributed by atoms with Crippen LogP contribution >= 0.6 is 0 Å². The van der Waals surface area contributed by atoms with Crippen molar-refractivity contribution in [1.82, 2.24) is 4.90 Å². The molecule has 1 heteroatoms. The van der Waals surface area contributed by atoms with Crippen LogP contribution < -0.4 is 0 Å². The largest absolute Gasteiger partial charge is 0.300 e. The molecule has 3 fully saturated rings. The number of rotatable bonds is 0. The molecule has 0 radical (unpaired) electrons. The highest BCUT2D eigenvalue weighted by molar-refractivity contribution is 5.01. The molecular formula is C9H17N. The Balaban J connectivity index is 2.06. The number of hydrogen-bond acceptors (Lipinski definition) is 1. The first-order valence-corrected chi connectivity index (χ1v) is 4.30. The van der Waals surface area contributed by atoms with Crippen molar-refractivity contribution in [3.63, 3.8) is 0 Å². The molecule has 58 valence electrons. The van der Waals surface area contributed by atoms with Crippen molar-refractivity contribution in [1.29, 1.82) is 0 Å². The third-order valence-electron chi connectivity index (χ3n) is 3.27. The zero-order chi connectivity index (χ0) is 7.35. The molecule has 0 spiro atoms. The van der Waals surface area contributed by atoms with E-state index >= 15 is 0 Å². The van der Waals surface area contributed by atoms with E-state index in [1.54, 1.807) is 0 Å². The van der Waals surface area contributed by atoms with E-state index in [0.29, 0.717) is 5.41 Å². The summed E-state index contributed by atoms with van der Waals surface area (Å²) in [4.78, 5) is 2.55. The Bertz CT molecular complexity index is 137. The predicted octanol–water partition coefficient (Wildman–Crippen LogP) is 1.88. The second kappa shape index (κ2) is 1.76. The first-order valence-electron chi connectivity index (χ1n) is 4.30. The molecule has 10 heavy (non-hydrogen) atoms. The van der Waals surface area contributed by atoms with Crippen LogP contribution in [0.5, 0.6) is 0 Å². The van der Waals surface area contributed by atoms with Crippen LogP contribution in [0, 0.1) is 5.41 Å². The number of hydrogen-bond donors (Lipinski definition) is 0. The SMILES string of the molecule is CN1C2CC1CC(C)(C)C2. The summed E-state index contributed by atoms with van der Waals surface area (Å²) < 4.78 is 0. The minimum Gasteiger partial charge on any atom is -0.300 e. The van der Waals surface area contributed by atoms with Gasteiger partial charge in [-0.05, 0) is 31.7 Å². The zero-order valence-electron chi connectivity index (χ0n) is 7.22. The topological polar surface area (TPSA) is 3.24 Å². The van der Waals surface area contributed by atoms with E-state index in [0.717, 1.165) is 12.1 Å². The maximum Gasteiger partial charge on any atom is 0.0115 e. The summed E-state index contributed by atoms with van der Waals surface area (Å²) in [5.41, 5.74) is 0.639. The Morgan fingerprint density at radius 2 is 1.70 bits per heavy atom. The minimum absolute atomic E-state index is 0.639. The van der Waals surface area contributed by atoms with Gasteiger partial charge in [0.1, 0.15) is 0 Å². The standard InChI is InChI=1S/C9H17N/c1-9(2)5-7-4-8(6-9)10(7)3/h7-8H,4-6H2,1-3H3. The van der Waals surface area contributed by atoms with Crippen molar-refractivity contribution in [3.8, 4) is 0 Å². The Morgan fingerprint density at radius 1 is 1.20 bits per heavy atom. The van der Waals surface area contributed by atoms with Crippen LogP contribution in [0.4, 0.5) is 0 Å². The van der Waals surface area contributed by atoms with Crippen LogP contribution in [0.1, 0.15) is 33.1 Å². The lowest BCUT2D eigenvalue weighted by atomic mass is 9.66. The Morgan fingerprint density at radius 3 is 2.00 bits per heavy atom. The molecule has 3 aliphatic rings. The van der Waals surface area contributed by atoms with Gasteiger partial charge in [-0.1, -0.05) is 13.8 Å². The van der Waals surface area contributed by atoms with E-state index in [2.05, 4.69) is 25.8 Å². The Labute approximate surface area is 63.4 Å². The van der Waals surface area contributed by atoms with Gasteiger partial charge < -0.3 is 4.90 Å². The Hall–Kier alpha value is -0.0400. The second-order valence-corrected chi connectivity index (χ2v) is 4.78. The van der Waals surface area contributed by atoms with E-state index < -0.39 is 0 Å². The van der Waals surface area contributed by atoms with Gasteiger partial charge in [0.05, 0.1) is 0 Å². The van der Waals surface area contributed by atoms with Crippen molar-refractivity contribution in [2.75, 3.05) is 7.05 Å². The lowest BCUT2D eigenvalue weighted by Crippen LogP contribution is -2.60. The molecule has 1 nitrogen and oxygen atoms in total. The van der Waals surface area contributed by atoms with Gasteiger partial charge in [0.15, 0.2) is 0 Å². The van der Waals surface area contributed by atoms with Crippen LogP contribution in [0.2, 0.25) is 0 Å². The lowest BCUT2D eigenvalue weighted by Gasteiger charge is -2.56. The third-order valence-corrected chi connectivity index (χ3v) is 3.27. The van der Waals surface area contributed by atoms with Crippen LogP contribution in [0.3, 0.4) is 0 Å². The fourth-order valence-electron chi connectivity index (χ4n) is 2.62. The predicted molar refractivity (Wildman–Crippen MR) is 43.0 cm³/mol. The molecule has 0 N–H and O–H groups in total. The normalized spacial score (nSPS) is 44.7. The van der Waals surface area contributed by atoms with Gasteiger partial charge in [-0.3, -0.25) is 0 Å². The monoisotopic (exact) mass is 139 g/mol. The maximum absolute atomic E-state index is 2.55. The van der Waals surface area contributed by atoms with Crippen LogP contribution in [0.25, 0.3) is 0 Å². The highest BCUT2D eigenvalue weighted by Gasteiger charge is 2.45. The van der Waals surface area contributed by atoms with Gasteiger partial charge in [0, 0.05) is 12.1 Å². The average Bonchev–Trinajstić information content (AvgIpc) is 1.85. The molecule has 2 heterocycles. The van der Waals surface area contributed by atoms with Crippen LogP contribution in [0.15, 0.2) is 0 Å². The molecule has 0 amide bonds. The minimum atomic E-state index is 0.639. The molecule has 2 saturated heterocycles. The van der Waals surface area contributed by atoms with E-state index in [1.165, 1.54) is 19.3 Å². The summed E-state index contributed by atoms with van der Waals surface area (Å²) in [6.07, 6.45) is 4.31. The molecule has 0 aromatic heterocycles. The molecule has 0 aromatic rings. The van der Waals surface area contributed by atoms with Gasteiger partial charge >= 0.3 is 0 Å². The molecule has 3 rings (SSSR count). The fraction of sp³-hybridized carbons (Fsp3) is 1.00. The third kappa shape index (κ3) is 0.800. The maximum atomic E-state index is 2.55. The molecular weight excluding hydrogens is 122 g/mol. The summed E-state index contributed by atoms with van der Waals surface area (Å²) in [5, 5.41) is 0. The van der Waals surface area contributed by atoms with Gasteiger partial charge in [-0.25, -0.2) is 0 Å². The van der Waals surface area contributed by atoms with Crippen molar-refractivity contribution >= 4 is 0 Å². The van der Waals surface area contributed by atoms with Gasteiger partial charge in [-0.15, -0.1) is 0 Å².